The van der Waals surface area contributed by atoms with Crippen LogP contribution in [0.15, 0.2) is 6.20 Å². The number of alkyl halides is 2. The number of halogens is 4. The molecular weight excluding hydrogens is 461 g/mol. The number of nitrogens with one attached hydrogen (secondary N) is 1. The normalized spacial score (nSPS) is 15.8. The largest absolute Gasteiger partial charge is 0.472 e. The van der Waals surface area contributed by atoms with Gasteiger partial charge in [-0.2, -0.15) is 4.98 Å². The van der Waals surface area contributed by atoms with E-state index in [1.54, 1.807) is 11.6 Å². The third kappa shape index (κ3) is 5.69. The van der Waals surface area contributed by atoms with Crippen molar-refractivity contribution < 1.29 is 23.2 Å². The molecule has 0 bridgehead atoms. The van der Waals surface area contributed by atoms with Gasteiger partial charge in [-0.05, 0) is 31.4 Å². The fourth-order valence-corrected chi connectivity index (χ4v) is 3.52. The minimum absolute atomic E-state index is 0.0254. The molecule has 1 aliphatic rings. The molecule has 14 heteroatoms. The van der Waals surface area contributed by atoms with Crippen molar-refractivity contribution in [2.24, 2.45) is 0 Å². The van der Waals surface area contributed by atoms with Gasteiger partial charge in [0.1, 0.15) is 16.5 Å². The molecule has 0 radical (unpaired) electrons. The lowest BCUT2D eigenvalue weighted by atomic mass is 10.1. The molecule has 3 rings (SSSR count). The number of anilines is 1. The van der Waals surface area contributed by atoms with Gasteiger partial charge in [-0.25, -0.2) is 13.8 Å². The predicted octanol–water partition coefficient (Wildman–Crippen LogP) is 4.06. The number of hydrogen-bond donors (Lipinski definition) is 1. The van der Waals surface area contributed by atoms with Crippen LogP contribution in [0.1, 0.15) is 31.0 Å². The fraction of sp³-hybridized carbons (Fsp3) is 0.588. The Morgan fingerprint density at radius 2 is 2.13 bits per heavy atom. The van der Waals surface area contributed by atoms with E-state index >= 15 is 0 Å². The molecule has 10 nitrogen and oxygen atoms in total. The van der Waals surface area contributed by atoms with Gasteiger partial charge in [0.2, 0.25) is 5.28 Å². The first-order chi connectivity index (χ1) is 14.8. The van der Waals surface area contributed by atoms with Gasteiger partial charge in [-0.15, -0.1) is 5.10 Å². The van der Waals surface area contributed by atoms with Gasteiger partial charge in [0.15, 0.2) is 0 Å². The molecule has 2 aromatic rings. The Labute approximate surface area is 186 Å². The molecule has 1 unspecified atom stereocenters. The molecule has 0 amide bonds. The molecule has 3 heterocycles. The summed E-state index contributed by atoms with van der Waals surface area (Å²) >= 11 is 11.6. The third-order valence-corrected chi connectivity index (χ3v) is 5.27. The minimum Gasteiger partial charge on any atom is -0.472 e. The maximum atomic E-state index is 13.5. The summed E-state index contributed by atoms with van der Waals surface area (Å²) in [6.07, 6.45) is -0.467. The summed E-state index contributed by atoms with van der Waals surface area (Å²) in [7, 11) is 0. The predicted molar refractivity (Wildman–Crippen MR) is 108 cm³/mol. The SMILES string of the molecule is Cc1c([N+](=O)[O-])c(OCCC(Nc2nc(Cl)ncc2Cl)C(F)F)nn1C1CCOCC1. The molecule has 170 valence electrons. The number of nitro groups is 1. The van der Waals surface area contributed by atoms with Crippen LogP contribution in [-0.2, 0) is 4.74 Å². The lowest BCUT2D eigenvalue weighted by Gasteiger charge is -2.23. The zero-order chi connectivity index (χ0) is 22.5. The summed E-state index contributed by atoms with van der Waals surface area (Å²) in [5.41, 5.74) is 0.0662. The summed E-state index contributed by atoms with van der Waals surface area (Å²) in [5, 5.41) is 18.1. The zero-order valence-corrected chi connectivity index (χ0v) is 17.9. The molecule has 0 spiro atoms. The molecule has 0 aliphatic carbocycles. The van der Waals surface area contributed by atoms with Gasteiger partial charge in [0.05, 0.1) is 29.8 Å². The zero-order valence-electron chi connectivity index (χ0n) is 16.4. The molecule has 2 aromatic heterocycles. The van der Waals surface area contributed by atoms with Crippen LogP contribution in [0.25, 0.3) is 0 Å². The number of aromatic nitrogens is 4. The highest BCUT2D eigenvalue weighted by Crippen LogP contribution is 2.34. The molecule has 0 saturated carbocycles. The minimum atomic E-state index is -2.79. The first-order valence-electron chi connectivity index (χ1n) is 9.44. The van der Waals surface area contributed by atoms with E-state index in [4.69, 9.17) is 32.7 Å². The van der Waals surface area contributed by atoms with E-state index in [9.17, 15) is 18.9 Å². The highest BCUT2D eigenvalue weighted by molar-refractivity contribution is 6.33. The fourth-order valence-electron chi connectivity index (χ4n) is 3.24. The Hall–Kier alpha value is -2.31. The van der Waals surface area contributed by atoms with Crippen molar-refractivity contribution in [2.75, 3.05) is 25.1 Å². The van der Waals surface area contributed by atoms with Crippen LogP contribution in [-0.4, -0.2) is 57.0 Å². The van der Waals surface area contributed by atoms with Crippen molar-refractivity contribution in [2.45, 2.75) is 44.7 Å². The second-order valence-corrected chi connectivity index (χ2v) is 7.59. The number of rotatable bonds is 9. The highest BCUT2D eigenvalue weighted by Gasteiger charge is 2.31. The highest BCUT2D eigenvalue weighted by atomic mass is 35.5. The lowest BCUT2D eigenvalue weighted by molar-refractivity contribution is -0.386. The summed E-state index contributed by atoms with van der Waals surface area (Å²) < 4.78 is 39.3. The molecule has 1 atom stereocenters. The Morgan fingerprint density at radius 1 is 1.42 bits per heavy atom. The quantitative estimate of drug-likeness (QED) is 0.324. The van der Waals surface area contributed by atoms with E-state index < -0.39 is 17.4 Å². The summed E-state index contributed by atoms with van der Waals surface area (Å²) in [6.45, 7) is 2.40. The van der Waals surface area contributed by atoms with Crippen molar-refractivity contribution in [3.63, 3.8) is 0 Å². The van der Waals surface area contributed by atoms with E-state index in [-0.39, 0.29) is 46.8 Å². The van der Waals surface area contributed by atoms with Crippen LogP contribution < -0.4 is 10.1 Å². The van der Waals surface area contributed by atoms with Gasteiger partial charge in [-0.3, -0.25) is 14.8 Å². The van der Waals surface area contributed by atoms with Gasteiger partial charge < -0.3 is 14.8 Å². The van der Waals surface area contributed by atoms with Crippen molar-refractivity contribution >= 4 is 34.7 Å². The monoisotopic (exact) mass is 480 g/mol. The lowest BCUT2D eigenvalue weighted by Crippen LogP contribution is -2.30. The average Bonchev–Trinajstić information content (AvgIpc) is 3.06. The van der Waals surface area contributed by atoms with Gasteiger partial charge in [0.25, 0.3) is 6.43 Å². The first-order valence-corrected chi connectivity index (χ1v) is 10.2. The molecule has 1 N–H and O–H groups in total. The maximum Gasteiger partial charge on any atom is 0.352 e. The summed E-state index contributed by atoms with van der Waals surface area (Å²) in [5.74, 6) is -0.247. The third-order valence-electron chi connectivity index (χ3n) is 4.82. The summed E-state index contributed by atoms with van der Waals surface area (Å²) in [4.78, 5) is 18.4. The van der Waals surface area contributed by atoms with Gasteiger partial charge in [0, 0.05) is 19.6 Å². The molecule has 1 saturated heterocycles. The van der Waals surface area contributed by atoms with Crippen molar-refractivity contribution in [3.8, 4) is 5.88 Å². The van der Waals surface area contributed by atoms with Crippen LogP contribution in [0.4, 0.5) is 20.3 Å². The standard InChI is InChI=1S/C17H20Cl2F2N6O4/c1-9-13(27(28)29)16(25-26(9)10-2-5-30-6-3-10)31-7-4-12(14(20)21)23-15-11(18)8-22-17(19)24-15/h8,10,12,14H,2-7H2,1H3,(H,22,23,24). The van der Waals surface area contributed by atoms with Crippen LogP contribution in [0.3, 0.4) is 0 Å². The Morgan fingerprint density at radius 3 is 2.77 bits per heavy atom. The smallest absolute Gasteiger partial charge is 0.352 e. The Kier molecular flexibility index (Phi) is 7.79. The van der Waals surface area contributed by atoms with Crippen LogP contribution >= 0.6 is 23.2 Å². The Bertz CT molecular complexity index is 926. The van der Waals surface area contributed by atoms with Crippen LogP contribution in [0.2, 0.25) is 10.3 Å². The van der Waals surface area contributed by atoms with E-state index in [1.807, 2.05) is 0 Å². The topological polar surface area (TPSA) is 117 Å². The molecule has 1 aliphatic heterocycles. The molecule has 0 aromatic carbocycles. The molecule has 1 fully saturated rings. The van der Waals surface area contributed by atoms with Crippen LogP contribution in [0.5, 0.6) is 5.88 Å². The second kappa shape index (κ2) is 10.3. The van der Waals surface area contributed by atoms with E-state index in [0.717, 1.165) is 0 Å². The second-order valence-electron chi connectivity index (χ2n) is 6.84. The number of nitrogens with zero attached hydrogens (tertiary/aromatic N) is 5. The molecular formula is C17H20Cl2F2N6O4. The maximum absolute atomic E-state index is 13.5. The van der Waals surface area contributed by atoms with Gasteiger partial charge in [-0.1, -0.05) is 11.6 Å². The molecule has 31 heavy (non-hydrogen) atoms. The summed E-state index contributed by atoms with van der Waals surface area (Å²) in [6, 6.07) is -1.44. The van der Waals surface area contributed by atoms with Crippen molar-refractivity contribution in [3.05, 3.63) is 32.3 Å². The average molecular weight is 481 g/mol. The van der Waals surface area contributed by atoms with Crippen molar-refractivity contribution in [1.29, 1.82) is 0 Å². The van der Waals surface area contributed by atoms with E-state index in [2.05, 4.69) is 20.4 Å². The van der Waals surface area contributed by atoms with Gasteiger partial charge >= 0.3 is 11.6 Å². The van der Waals surface area contributed by atoms with E-state index in [1.165, 1.54) is 6.20 Å². The van der Waals surface area contributed by atoms with Crippen LogP contribution in [0, 0.1) is 17.0 Å². The Balaban J connectivity index is 1.70. The first kappa shape index (κ1) is 23.4. The van der Waals surface area contributed by atoms with Crippen molar-refractivity contribution in [1.82, 2.24) is 19.7 Å². The number of hydrogen-bond acceptors (Lipinski definition) is 8. The van der Waals surface area contributed by atoms with E-state index in [0.29, 0.717) is 31.7 Å². The number of ether oxygens (including phenoxy) is 2.